The maximum absolute atomic E-state index is 13.1. The number of halogens is 1. The van der Waals surface area contributed by atoms with Gasteiger partial charge in [-0.1, -0.05) is 19.1 Å². The van der Waals surface area contributed by atoms with Crippen molar-refractivity contribution in [2.24, 2.45) is 0 Å². The Morgan fingerprint density at radius 1 is 1.31 bits per heavy atom. The van der Waals surface area contributed by atoms with Crippen LogP contribution >= 0.6 is 0 Å². The van der Waals surface area contributed by atoms with Crippen LogP contribution in [0.4, 0.5) is 4.39 Å². The first-order chi connectivity index (χ1) is 13.7. The van der Waals surface area contributed by atoms with Gasteiger partial charge in [0.2, 0.25) is 0 Å². The zero-order valence-electron chi connectivity index (χ0n) is 16.8. The van der Waals surface area contributed by atoms with Crippen molar-refractivity contribution in [2.45, 2.75) is 38.3 Å². The monoisotopic (exact) mass is 404 g/mol. The molecular weight excluding hydrogens is 379 g/mol. The number of pyridine rings is 1. The van der Waals surface area contributed by atoms with Gasteiger partial charge in [0.05, 0.1) is 19.8 Å². The topological polar surface area (TPSA) is 97.8 Å². The quantitative estimate of drug-likeness (QED) is 0.624. The van der Waals surface area contributed by atoms with Crippen molar-refractivity contribution in [1.29, 1.82) is 0 Å². The summed E-state index contributed by atoms with van der Waals surface area (Å²) in [4.78, 5) is 28.0. The lowest BCUT2D eigenvalue weighted by molar-refractivity contribution is -0.115. The summed E-state index contributed by atoms with van der Waals surface area (Å²) in [7, 11) is 1.35. The number of hydrogen-bond donors (Lipinski definition) is 2. The van der Waals surface area contributed by atoms with Crippen molar-refractivity contribution in [1.82, 2.24) is 10.3 Å². The number of aromatic hydroxyl groups is 1. The van der Waals surface area contributed by atoms with Gasteiger partial charge in [0.25, 0.3) is 5.91 Å². The summed E-state index contributed by atoms with van der Waals surface area (Å²) in [5.74, 6) is -1.44. The maximum atomic E-state index is 13.1. The molecule has 0 aliphatic carbocycles. The van der Waals surface area contributed by atoms with Crippen LogP contribution < -0.4 is 10.1 Å². The first-order valence-corrected chi connectivity index (χ1v) is 9.08. The van der Waals surface area contributed by atoms with Crippen LogP contribution in [0.1, 0.15) is 42.7 Å². The molecule has 3 atom stereocenters. The van der Waals surface area contributed by atoms with E-state index in [1.165, 1.54) is 38.4 Å². The molecule has 2 N–H and O–H groups in total. The zero-order valence-corrected chi connectivity index (χ0v) is 16.8. The minimum atomic E-state index is -1.34. The third-order valence-corrected chi connectivity index (χ3v) is 4.73. The summed E-state index contributed by atoms with van der Waals surface area (Å²) >= 11 is 0. The molecule has 2 aromatic rings. The number of ether oxygens (including phenoxy) is 2. The Balaban J connectivity index is 2.04. The molecule has 1 aromatic carbocycles. The summed E-state index contributed by atoms with van der Waals surface area (Å²) in [6.07, 6.45) is 1.58. The summed E-state index contributed by atoms with van der Waals surface area (Å²) in [5.41, 5.74) is -0.711. The number of nitrogens with one attached hydrogen (secondary N) is 1. The SMILES string of the molecule is COc1ccnc(C(=O)N[C@](C)(C=O)CO[C@@H](C)[C@@H](C)c2ccc(F)cc2)c1O. The van der Waals surface area contributed by atoms with Gasteiger partial charge < -0.3 is 24.7 Å². The summed E-state index contributed by atoms with van der Waals surface area (Å²) in [6.45, 7) is 5.16. The van der Waals surface area contributed by atoms with Gasteiger partial charge in [-0.2, -0.15) is 0 Å². The minimum absolute atomic E-state index is 0.0636. The van der Waals surface area contributed by atoms with E-state index in [9.17, 15) is 19.1 Å². The number of hydrogen-bond acceptors (Lipinski definition) is 6. The van der Waals surface area contributed by atoms with Crippen LogP contribution in [0.2, 0.25) is 0 Å². The molecular formula is C21H25FN2O5. The van der Waals surface area contributed by atoms with E-state index in [0.29, 0.717) is 6.29 Å². The number of methoxy groups -OCH3 is 1. The zero-order chi connectivity index (χ0) is 21.6. The van der Waals surface area contributed by atoms with Gasteiger partial charge in [-0.05, 0) is 31.5 Å². The van der Waals surface area contributed by atoms with Crippen LogP contribution in [0.15, 0.2) is 36.5 Å². The molecule has 29 heavy (non-hydrogen) atoms. The van der Waals surface area contributed by atoms with E-state index in [0.717, 1.165) is 5.56 Å². The Morgan fingerprint density at radius 2 is 1.97 bits per heavy atom. The van der Waals surface area contributed by atoms with Crippen molar-refractivity contribution in [3.63, 3.8) is 0 Å². The number of benzene rings is 1. The molecule has 0 unspecified atom stereocenters. The third kappa shape index (κ3) is 5.51. The predicted molar refractivity (Wildman–Crippen MR) is 105 cm³/mol. The second-order valence-corrected chi connectivity index (χ2v) is 7.06. The third-order valence-electron chi connectivity index (χ3n) is 4.73. The van der Waals surface area contributed by atoms with E-state index < -0.39 is 17.2 Å². The van der Waals surface area contributed by atoms with Gasteiger partial charge >= 0.3 is 0 Å². The highest BCUT2D eigenvalue weighted by Gasteiger charge is 2.30. The fourth-order valence-electron chi connectivity index (χ4n) is 2.67. The van der Waals surface area contributed by atoms with Gasteiger partial charge in [-0.15, -0.1) is 0 Å². The van der Waals surface area contributed by atoms with Gasteiger partial charge in [0.1, 0.15) is 17.6 Å². The van der Waals surface area contributed by atoms with Gasteiger partial charge in [0, 0.05) is 18.2 Å². The molecule has 156 valence electrons. The largest absolute Gasteiger partial charge is 0.503 e. The Kier molecular flexibility index (Phi) is 7.28. The van der Waals surface area contributed by atoms with E-state index in [4.69, 9.17) is 9.47 Å². The van der Waals surface area contributed by atoms with Crippen LogP contribution in [-0.4, -0.2) is 47.6 Å². The van der Waals surface area contributed by atoms with Crippen molar-refractivity contribution in [3.05, 3.63) is 53.6 Å². The van der Waals surface area contributed by atoms with E-state index in [1.54, 1.807) is 12.1 Å². The van der Waals surface area contributed by atoms with Crippen molar-refractivity contribution < 1.29 is 28.6 Å². The molecule has 7 nitrogen and oxygen atoms in total. The molecule has 2 rings (SSSR count). The van der Waals surface area contributed by atoms with Crippen LogP contribution in [0.5, 0.6) is 11.5 Å². The average molecular weight is 404 g/mol. The Morgan fingerprint density at radius 3 is 2.55 bits per heavy atom. The highest BCUT2D eigenvalue weighted by molar-refractivity contribution is 5.97. The number of nitrogens with zero attached hydrogens (tertiary/aromatic N) is 1. The first-order valence-electron chi connectivity index (χ1n) is 9.08. The van der Waals surface area contributed by atoms with Crippen LogP contribution in [0, 0.1) is 5.82 Å². The number of aldehydes is 1. The summed E-state index contributed by atoms with van der Waals surface area (Å²) in [6, 6.07) is 7.52. The Hall–Kier alpha value is -3.00. The molecule has 8 heteroatoms. The molecule has 0 aliphatic heterocycles. The van der Waals surface area contributed by atoms with E-state index in [-0.39, 0.29) is 35.9 Å². The summed E-state index contributed by atoms with van der Waals surface area (Å²) in [5, 5.41) is 12.6. The number of carbonyl (C=O) groups excluding carboxylic acids is 2. The van der Waals surface area contributed by atoms with E-state index in [1.807, 2.05) is 13.8 Å². The number of rotatable bonds is 9. The van der Waals surface area contributed by atoms with E-state index in [2.05, 4.69) is 10.3 Å². The molecule has 0 saturated carbocycles. The second-order valence-electron chi connectivity index (χ2n) is 7.06. The number of aromatic nitrogens is 1. The molecule has 0 fully saturated rings. The smallest absolute Gasteiger partial charge is 0.274 e. The molecule has 0 radical (unpaired) electrons. The lowest BCUT2D eigenvalue weighted by atomic mass is 9.96. The Labute approximate surface area is 168 Å². The van der Waals surface area contributed by atoms with Gasteiger partial charge in [0.15, 0.2) is 17.2 Å². The molecule has 1 heterocycles. The standard InChI is InChI=1S/C21H25FN2O5/c1-13(15-5-7-16(22)8-6-15)14(2)29-12-21(3,11-25)24-20(27)18-19(26)17(28-4)9-10-23-18/h5-11,13-14,26H,12H2,1-4H3,(H,24,27)/t13-,14+,21-/m1/s1. The number of carbonyl (C=O) groups is 2. The predicted octanol–water partition coefficient (Wildman–Crippen LogP) is 2.83. The molecule has 0 aliphatic rings. The lowest BCUT2D eigenvalue weighted by Crippen LogP contribution is -2.51. The number of amides is 1. The van der Waals surface area contributed by atoms with Crippen molar-refractivity contribution in [3.8, 4) is 11.5 Å². The fourth-order valence-corrected chi connectivity index (χ4v) is 2.67. The minimum Gasteiger partial charge on any atom is -0.503 e. The first kappa shape index (κ1) is 22.3. The van der Waals surface area contributed by atoms with Crippen LogP contribution in [0.25, 0.3) is 0 Å². The van der Waals surface area contributed by atoms with Crippen molar-refractivity contribution >= 4 is 12.2 Å². The second kappa shape index (κ2) is 9.47. The highest BCUT2D eigenvalue weighted by atomic mass is 19.1. The maximum Gasteiger partial charge on any atom is 0.274 e. The Bertz CT molecular complexity index is 859. The highest BCUT2D eigenvalue weighted by Crippen LogP contribution is 2.28. The van der Waals surface area contributed by atoms with Crippen LogP contribution in [-0.2, 0) is 9.53 Å². The molecule has 1 amide bonds. The van der Waals surface area contributed by atoms with Crippen molar-refractivity contribution in [2.75, 3.05) is 13.7 Å². The molecule has 0 bridgehead atoms. The molecule has 1 aromatic heterocycles. The lowest BCUT2D eigenvalue weighted by Gasteiger charge is -2.28. The average Bonchev–Trinajstić information content (AvgIpc) is 2.72. The summed E-state index contributed by atoms with van der Waals surface area (Å²) < 4.78 is 23.9. The van der Waals surface area contributed by atoms with Gasteiger partial charge in [-0.25, -0.2) is 9.37 Å². The fraction of sp³-hybridized carbons (Fsp3) is 0.381. The molecule has 0 saturated heterocycles. The van der Waals surface area contributed by atoms with Crippen LogP contribution in [0.3, 0.4) is 0 Å². The normalized spacial score (nSPS) is 15.1. The van der Waals surface area contributed by atoms with E-state index >= 15 is 0 Å². The van der Waals surface area contributed by atoms with Gasteiger partial charge in [-0.3, -0.25) is 4.79 Å². The molecule has 0 spiro atoms.